The SMILES string of the molecule is CCC(C)(C)NC(=O)Cn1cc(CNC)c2ccccc21. The van der Waals surface area contributed by atoms with Crippen LogP contribution in [-0.2, 0) is 17.9 Å². The van der Waals surface area contributed by atoms with Crippen molar-refractivity contribution in [3.05, 3.63) is 36.0 Å². The van der Waals surface area contributed by atoms with Crippen molar-refractivity contribution >= 4 is 16.8 Å². The number of rotatable bonds is 6. The molecule has 1 amide bonds. The Labute approximate surface area is 126 Å². The lowest BCUT2D eigenvalue weighted by Crippen LogP contribution is -2.44. The maximum atomic E-state index is 12.3. The summed E-state index contributed by atoms with van der Waals surface area (Å²) in [6.07, 6.45) is 2.98. The predicted octanol–water partition coefficient (Wildman–Crippen LogP) is 2.67. The van der Waals surface area contributed by atoms with Crippen LogP contribution >= 0.6 is 0 Å². The topological polar surface area (TPSA) is 46.1 Å². The molecule has 1 heterocycles. The molecule has 1 aromatic carbocycles. The molecule has 114 valence electrons. The largest absolute Gasteiger partial charge is 0.350 e. The molecule has 0 aliphatic heterocycles. The summed E-state index contributed by atoms with van der Waals surface area (Å²) in [5.74, 6) is 0.0543. The van der Waals surface area contributed by atoms with E-state index in [2.05, 4.69) is 35.9 Å². The van der Waals surface area contributed by atoms with Crippen molar-refractivity contribution in [2.75, 3.05) is 7.05 Å². The van der Waals surface area contributed by atoms with E-state index < -0.39 is 0 Å². The van der Waals surface area contributed by atoms with E-state index in [1.165, 1.54) is 10.9 Å². The highest BCUT2D eigenvalue weighted by Crippen LogP contribution is 2.21. The summed E-state index contributed by atoms with van der Waals surface area (Å²) >= 11 is 0. The lowest BCUT2D eigenvalue weighted by Gasteiger charge is -2.24. The zero-order valence-corrected chi connectivity index (χ0v) is 13.4. The maximum absolute atomic E-state index is 12.3. The second-order valence-electron chi connectivity index (χ2n) is 6.12. The minimum absolute atomic E-state index is 0.0543. The van der Waals surface area contributed by atoms with Crippen LogP contribution in [0.1, 0.15) is 32.8 Å². The maximum Gasteiger partial charge on any atom is 0.240 e. The Morgan fingerprint density at radius 1 is 1.29 bits per heavy atom. The molecule has 0 unspecified atom stereocenters. The van der Waals surface area contributed by atoms with Crippen LogP contribution in [0.2, 0.25) is 0 Å². The Kier molecular flexibility index (Phi) is 4.68. The van der Waals surface area contributed by atoms with Crippen LogP contribution in [0, 0.1) is 0 Å². The van der Waals surface area contributed by atoms with Gasteiger partial charge in [-0.1, -0.05) is 25.1 Å². The Balaban J connectivity index is 2.24. The van der Waals surface area contributed by atoms with E-state index in [0.717, 1.165) is 18.5 Å². The number of nitrogens with one attached hydrogen (secondary N) is 2. The molecule has 0 fully saturated rings. The molecule has 0 saturated carbocycles. The average Bonchev–Trinajstić information content (AvgIpc) is 2.77. The molecular weight excluding hydrogens is 262 g/mol. The molecule has 1 aromatic heterocycles. The zero-order valence-electron chi connectivity index (χ0n) is 13.4. The monoisotopic (exact) mass is 287 g/mol. The first kappa shape index (κ1) is 15.6. The molecule has 4 heteroatoms. The number of carbonyl (C=O) groups excluding carboxylic acids is 1. The quantitative estimate of drug-likeness (QED) is 0.858. The molecule has 0 spiro atoms. The Hall–Kier alpha value is -1.81. The van der Waals surface area contributed by atoms with E-state index in [1.807, 2.05) is 37.6 Å². The number of benzene rings is 1. The summed E-state index contributed by atoms with van der Waals surface area (Å²) in [4.78, 5) is 12.3. The molecule has 4 nitrogen and oxygen atoms in total. The van der Waals surface area contributed by atoms with Crippen molar-refractivity contribution in [1.29, 1.82) is 0 Å². The highest BCUT2D eigenvalue weighted by molar-refractivity contribution is 5.86. The standard InChI is InChI=1S/C17H25N3O/c1-5-17(2,3)19-16(21)12-20-11-13(10-18-4)14-8-6-7-9-15(14)20/h6-9,11,18H,5,10,12H2,1-4H3,(H,19,21). The van der Waals surface area contributed by atoms with Crippen LogP contribution in [0.4, 0.5) is 0 Å². The molecule has 2 N–H and O–H groups in total. The van der Waals surface area contributed by atoms with Gasteiger partial charge in [-0.05, 0) is 38.9 Å². The number of para-hydroxylation sites is 1. The van der Waals surface area contributed by atoms with Crippen molar-refractivity contribution in [1.82, 2.24) is 15.2 Å². The molecule has 2 aromatic rings. The molecule has 0 saturated heterocycles. The number of fused-ring (bicyclic) bond motifs is 1. The van der Waals surface area contributed by atoms with E-state index in [4.69, 9.17) is 0 Å². The molecule has 0 atom stereocenters. The fraction of sp³-hybridized carbons (Fsp3) is 0.471. The Bertz CT molecular complexity index is 628. The van der Waals surface area contributed by atoms with Gasteiger partial charge in [0, 0.05) is 29.2 Å². The number of amides is 1. The van der Waals surface area contributed by atoms with Crippen LogP contribution in [0.5, 0.6) is 0 Å². The van der Waals surface area contributed by atoms with Gasteiger partial charge >= 0.3 is 0 Å². The molecule has 0 radical (unpaired) electrons. The molecule has 21 heavy (non-hydrogen) atoms. The summed E-state index contributed by atoms with van der Waals surface area (Å²) in [6.45, 7) is 7.33. The molecule has 0 bridgehead atoms. The van der Waals surface area contributed by atoms with Crippen LogP contribution in [0.3, 0.4) is 0 Å². The van der Waals surface area contributed by atoms with E-state index in [1.54, 1.807) is 0 Å². The first-order valence-electron chi connectivity index (χ1n) is 7.49. The highest BCUT2D eigenvalue weighted by atomic mass is 16.2. The van der Waals surface area contributed by atoms with Crippen molar-refractivity contribution < 1.29 is 4.79 Å². The van der Waals surface area contributed by atoms with Gasteiger partial charge in [-0.15, -0.1) is 0 Å². The van der Waals surface area contributed by atoms with Gasteiger partial charge in [0.05, 0.1) is 0 Å². The van der Waals surface area contributed by atoms with Gasteiger partial charge in [0.25, 0.3) is 0 Å². The lowest BCUT2D eigenvalue weighted by molar-refractivity contribution is -0.123. The third-order valence-electron chi connectivity index (χ3n) is 3.91. The molecule has 0 aliphatic carbocycles. The normalized spacial score (nSPS) is 11.8. The second-order valence-corrected chi connectivity index (χ2v) is 6.12. The van der Waals surface area contributed by atoms with E-state index in [-0.39, 0.29) is 11.4 Å². The third-order valence-corrected chi connectivity index (χ3v) is 3.91. The summed E-state index contributed by atoms with van der Waals surface area (Å²) in [6, 6.07) is 8.21. The van der Waals surface area contributed by atoms with Crippen LogP contribution in [0.15, 0.2) is 30.5 Å². The Morgan fingerprint density at radius 2 is 2.00 bits per heavy atom. The van der Waals surface area contributed by atoms with Crippen molar-refractivity contribution in [2.24, 2.45) is 0 Å². The minimum Gasteiger partial charge on any atom is -0.350 e. The first-order valence-corrected chi connectivity index (χ1v) is 7.49. The van der Waals surface area contributed by atoms with Gasteiger partial charge in [0.15, 0.2) is 0 Å². The minimum atomic E-state index is -0.159. The summed E-state index contributed by atoms with van der Waals surface area (Å²) in [5, 5.41) is 7.46. The van der Waals surface area contributed by atoms with Crippen LogP contribution in [0.25, 0.3) is 10.9 Å². The summed E-state index contributed by atoms with van der Waals surface area (Å²) < 4.78 is 2.03. The summed E-state index contributed by atoms with van der Waals surface area (Å²) in [7, 11) is 1.93. The number of carbonyl (C=O) groups is 1. The smallest absolute Gasteiger partial charge is 0.240 e. The number of nitrogens with zero attached hydrogens (tertiary/aromatic N) is 1. The number of aromatic nitrogens is 1. The number of hydrogen-bond acceptors (Lipinski definition) is 2. The van der Waals surface area contributed by atoms with Crippen LogP contribution < -0.4 is 10.6 Å². The highest BCUT2D eigenvalue weighted by Gasteiger charge is 2.18. The first-order chi connectivity index (χ1) is 9.96. The van der Waals surface area contributed by atoms with Crippen LogP contribution in [-0.4, -0.2) is 23.1 Å². The lowest BCUT2D eigenvalue weighted by atomic mass is 10.0. The zero-order chi connectivity index (χ0) is 15.5. The van der Waals surface area contributed by atoms with Gasteiger partial charge in [-0.3, -0.25) is 4.79 Å². The van der Waals surface area contributed by atoms with Crippen molar-refractivity contribution in [2.45, 2.75) is 45.8 Å². The number of hydrogen-bond donors (Lipinski definition) is 2. The van der Waals surface area contributed by atoms with E-state index >= 15 is 0 Å². The van der Waals surface area contributed by atoms with Gasteiger partial charge in [-0.2, -0.15) is 0 Å². The third kappa shape index (κ3) is 3.64. The van der Waals surface area contributed by atoms with Gasteiger partial charge in [0.1, 0.15) is 6.54 Å². The average molecular weight is 287 g/mol. The second kappa shape index (κ2) is 6.31. The summed E-state index contributed by atoms with van der Waals surface area (Å²) in [5.41, 5.74) is 2.16. The van der Waals surface area contributed by atoms with E-state index in [0.29, 0.717) is 6.54 Å². The predicted molar refractivity (Wildman–Crippen MR) is 87.2 cm³/mol. The Morgan fingerprint density at radius 3 is 2.67 bits per heavy atom. The fourth-order valence-corrected chi connectivity index (χ4v) is 2.45. The fourth-order valence-electron chi connectivity index (χ4n) is 2.45. The molecule has 0 aliphatic rings. The molecular formula is C17H25N3O. The van der Waals surface area contributed by atoms with Gasteiger partial charge in [0.2, 0.25) is 5.91 Å². The van der Waals surface area contributed by atoms with Crippen molar-refractivity contribution in [3.63, 3.8) is 0 Å². The van der Waals surface area contributed by atoms with Gasteiger partial charge in [-0.25, -0.2) is 0 Å². The van der Waals surface area contributed by atoms with Gasteiger partial charge < -0.3 is 15.2 Å². The van der Waals surface area contributed by atoms with E-state index in [9.17, 15) is 4.79 Å². The van der Waals surface area contributed by atoms with Crippen molar-refractivity contribution in [3.8, 4) is 0 Å². The molecule has 2 rings (SSSR count).